The second kappa shape index (κ2) is 13.4. The molecular formula is C35H44N6O3. The number of urea groups is 1. The molecule has 1 aliphatic heterocycles. The first-order valence-electron chi connectivity index (χ1n) is 15.8. The quantitative estimate of drug-likeness (QED) is 0.282. The summed E-state index contributed by atoms with van der Waals surface area (Å²) in [4.78, 5) is 24.4. The normalized spacial score (nSPS) is 19.2. The van der Waals surface area contributed by atoms with Crippen LogP contribution in [0.4, 0.5) is 10.5 Å². The van der Waals surface area contributed by atoms with E-state index in [0.29, 0.717) is 6.04 Å². The van der Waals surface area contributed by atoms with Crippen LogP contribution >= 0.6 is 0 Å². The molecule has 2 aromatic carbocycles. The minimum atomic E-state index is -0.000778. The Kier molecular flexibility index (Phi) is 9.16. The smallest absolute Gasteiger partial charge is 0.324 e. The maximum absolute atomic E-state index is 13.7. The highest BCUT2D eigenvalue weighted by Crippen LogP contribution is 2.32. The lowest BCUT2D eigenvalue weighted by molar-refractivity contribution is 0.0342. The van der Waals surface area contributed by atoms with Crippen LogP contribution in [-0.4, -0.2) is 82.8 Å². The summed E-state index contributed by atoms with van der Waals surface area (Å²) >= 11 is 0. The summed E-state index contributed by atoms with van der Waals surface area (Å²) in [5.41, 5.74) is 7.27. The Bertz CT molecular complexity index is 1590. The number of aromatic nitrogens is 2. The van der Waals surface area contributed by atoms with Crippen LogP contribution < -0.4 is 10.2 Å². The Labute approximate surface area is 260 Å². The van der Waals surface area contributed by atoms with E-state index < -0.39 is 0 Å². The Hall–Kier alpha value is -3.92. The number of nitrogens with zero attached hydrogens (tertiary/aromatic N) is 5. The number of nitrogens with one attached hydrogen (secondary N) is 1. The number of amides is 2. The van der Waals surface area contributed by atoms with Crippen molar-refractivity contribution in [3.63, 3.8) is 0 Å². The van der Waals surface area contributed by atoms with Crippen LogP contribution in [0.1, 0.15) is 42.6 Å². The lowest BCUT2D eigenvalue weighted by Gasteiger charge is -2.37. The van der Waals surface area contributed by atoms with Crippen molar-refractivity contribution in [3.05, 3.63) is 83.8 Å². The summed E-state index contributed by atoms with van der Waals surface area (Å²) in [6.45, 7) is 6.80. The van der Waals surface area contributed by atoms with Gasteiger partial charge in [0.05, 0.1) is 24.6 Å². The molecule has 9 heteroatoms. The van der Waals surface area contributed by atoms with Crippen molar-refractivity contribution in [1.82, 2.24) is 24.5 Å². The van der Waals surface area contributed by atoms with Crippen LogP contribution in [0.15, 0.2) is 66.9 Å². The number of hydrogen-bond donors (Lipinski definition) is 2. The summed E-state index contributed by atoms with van der Waals surface area (Å²) in [5.74, 6) is 0.262. The number of pyridine rings is 1. The number of anilines is 1. The van der Waals surface area contributed by atoms with Gasteiger partial charge in [0, 0.05) is 64.2 Å². The molecule has 2 amide bonds. The second-order valence-corrected chi connectivity index (χ2v) is 12.2. The molecule has 3 heterocycles. The third-order valence-electron chi connectivity index (χ3n) is 9.35. The van der Waals surface area contributed by atoms with Gasteiger partial charge < -0.3 is 24.5 Å². The molecule has 0 spiro atoms. The Morgan fingerprint density at radius 2 is 1.82 bits per heavy atom. The molecule has 0 unspecified atom stereocenters. The molecule has 1 saturated carbocycles. The van der Waals surface area contributed by atoms with Crippen molar-refractivity contribution >= 4 is 17.4 Å². The lowest BCUT2D eigenvalue weighted by atomic mass is 9.90. The van der Waals surface area contributed by atoms with Gasteiger partial charge >= 0.3 is 6.03 Å². The minimum Gasteiger partial charge on any atom is -0.508 e. The molecular weight excluding hydrogens is 552 g/mol. The minimum absolute atomic E-state index is 0.000778. The molecule has 2 fully saturated rings. The lowest BCUT2D eigenvalue weighted by Crippen LogP contribution is -2.47. The van der Waals surface area contributed by atoms with E-state index in [0.717, 1.165) is 98.8 Å². The van der Waals surface area contributed by atoms with E-state index >= 15 is 0 Å². The topological polar surface area (TPSA) is 85.6 Å². The number of rotatable bonds is 8. The van der Waals surface area contributed by atoms with E-state index in [9.17, 15) is 9.90 Å². The molecule has 232 valence electrons. The molecule has 2 aromatic heterocycles. The van der Waals surface area contributed by atoms with E-state index in [1.807, 2.05) is 61.5 Å². The molecule has 0 atom stereocenters. The molecule has 0 bridgehead atoms. The van der Waals surface area contributed by atoms with E-state index in [1.165, 1.54) is 5.69 Å². The first-order chi connectivity index (χ1) is 21.4. The molecule has 2 N–H and O–H groups in total. The number of carbonyl (C=O) groups is 1. The van der Waals surface area contributed by atoms with Crippen LogP contribution in [0.25, 0.3) is 16.8 Å². The van der Waals surface area contributed by atoms with Crippen LogP contribution in [0.5, 0.6) is 5.75 Å². The van der Waals surface area contributed by atoms with E-state index in [2.05, 4.69) is 44.9 Å². The van der Waals surface area contributed by atoms with Gasteiger partial charge in [-0.3, -0.25) is 9.80 Å². The summed E-state index contributed by atoms with van der Waals surface area (Å²) < 4.78 is 7.68. The second-order valence-electron chi connectivity index (χ2n) is 12.2. The van der Waals surface area contributed by atoms with Gasteiger partial charge in [-0.25, -0.2) is 9.78 Å². The van der Waals surface area contributed by atoms with E-state index in [1.54, 1.807) is 11.0 Å². The van der Waals surface area contributed by atoms with Gasteiger partial charge in [0.25, 0.3) is 0 Å². The van der Waals surface area contributed by atoms with Gasteiger partial charge in [-0.1, -0.05) is 24.3 Å². The van der Waals surface area contributed by atoms with Crippen LogP contribution in [-0.2, 0) is 17.8 Å². The number of hydrogen-bond acceptors (Lipinski definition) is 6. The first-order valence-corrected chi connectivity index (χ1v) is 15.8. The molecule has 1 saturated heterocycles. The summed E-state index contributed by atoms with van der Waals surface area (Å²) in [6, 6.07) is 20.4. The number of carbonyl (C=O) groups excluding carboxylic acids is 1. The van der Waals surface area contributed by atoms with Gasteiger partial charge in [0.1, 0.15) is 11.4 Å². The first kappa shape index (κ1) is 30.1. The van der Waals surface area contributed by atoms with Crippen LogP contribution in [0.3, 0.4) is 0 Å². The van der Waals surface area contributed by atoms with Gasteiger partial charge in [0.2, 0.25) is 0 Å². The van der Waals surface area contributed by atoms with Crippen molar-refractivity contribution in [2.45, 2.75) is 57.8 Å². The molecule has 44 heavy (non-hydrogen) atoms. The fourth-order valence-electron chi connectivity index (χ4n) is 6.66. The molecule has 9 nitrogen and oxygen atoms in total. The average molecular weight is 597 g/mol. The average Bonchev–Trinajstić information content (AvgIpc) is 3.38. The number of ether oxygens (including phenoxy) is 1. The van der Waals surface area contributed by atoms with Crippen molar-refractivity contribution < 1.29 is 14.6 Å². The number of aryl methyl sites for hydroxylation is 1. The third kappa shape index (κ3) is 6.60. The number of phenolic OH excluding ortho intramolecular Hbond substituents is 1. The van der Waals surface area contributed by atoms with Crippen molar-refractivity contribution in [3.8, 4) is 16.9 Å². The van der Waals surface area contributed by atoms with Crippen molar-refractivity contribution in [1.29, 1.82) is 0 Å². The fraction of sp³-hybridized carbons (Fsp3) is 0.429. The zero-order valence-corrected chi connectivity index (χ0v) is 26.1. The highest BCUT2D eigenvalue weighted by molar-refractivity contribution is 5.92. The molecule has 4 aromatic rings. The van der Waals surface area contributed by atoms with E-state index in [4.69, 9.17) is 4.74 Å². The number of morpholine rings is 1. The molecule has 1 aliphatic carbocycles. The Balaban J connectivity index is 1.07. The predicted molar refractivity (Wildman–Crippen MR) is 174 cm³/mol. The SMILES string of the molecule is Cc1nc2ccccn2c1CNC1CCC(N(C)C(=O)N(C)c2cccc(-c3ccc(O)cc3CN3CCOCC3)c2)CC1. The number of phenols is 1. The van der Waals surface area contributed by atoms with E-state index in [-0.39, 0.29) is 17.8 Å². The Morgan fingerprint density at radius 3 is 2.61 bits per heavy atom. The zero-order chi connectivity index (χ0) is 30.6. The summed E-state index contributed by atoms with van der Waals surface area (Å²) in [7, 11) is 3.79. The third-order valence-corrected chi connectivity index (χ3v) is 9.35. The zero-order valence-electron chi connectivity index (χ0n) is 26.1. The standard InChI is InChI=1S/C35H44N6O3/c1-25-33(41-16-5-4-9-34(41)37-25)23-36-28-10-12-29(13-11-28)38(2)35(43)39(3)30-8-6-7-26(21-30)32-15-14-31(42)22-27(32)24-40-17-19-44-20-18-40/h4-9,14-16,21-22,28-29,36,42H,10-13,17-20,23-24H2,1-3H3. The molecule has 0 radical (unpaired) electrons. The largest absolute Gasteiger partial charge is 0.508 e. The Morgan fingerprint density at radius 1 is 1.02 bits per heavy atom. The molecule has 6 rings (SSSR count). The van der Waals surface area contributed by atoms with Gasteiger partial charge in [-0.2, -0.15) is 0 Å². The summed E-state index contributed by atoms with van der Waals surface area (Å²) in [5, 5.41) is 14.0. The number of aromatic hydroxyl groups is 1. The fourth-order valence-corrected chi connectivity index (χ4v) is 6.66. The highest BCUT2D eigenvalue weighted by Gasteiger charge is 2.29. The monoisotopic (exact) mass is 596 g/mol. The number of benzene rings is 2. The van der Waals surface area contributed by atoms with Gasteiger partial charge in [0.15, 0.2) is 0 Å². The maximum atomic E-state index is 13.7. The highest BCUT2D eigenvalue weighted by atomic mass is 16.5. The van der Waals surface area contributed by atoms with Crippen molar-refractivity contribution in [2.75, 3.05) is 45.3 Å². The van der Waals surface area contributed by atoms with Crippen LogP contribution in [0, 0.1) is 6.92 Å². The van der Waals surface area contributed by atoms with Gasteiger partial charge in [-0.05, 0) is 85.7 Å². The van der Waals surface area contributed by atoms with Gasteiger partial charge in [-0.15, -0.1) is 0 Å². The van der Waals surface area contributed by atoms with Crippen LogP contribution in [0.2, 0.25) is 0 Å². The number of fused-ring (bicyclic) bond motifs is 1. The predicted octanol–water partition coefficient (Wildman–Crippen LogP) is 5.44. The molecule has 2 aliphatic rings. The van der Waals surface area contributed by atoms with Crippen molar-refractivity contribution in [2.24, 2.45) is 0 Å². The summed E-state index contributed by atoms with van der Waals surface area (Å²) in [6.07, 6.45) is 6.08. The number of imidazole rings is 1. The maximum Gasteiger partial charge on any atom is 0.324 e.